The molecule has 0 atom stereocenters. The quantitative estimate of drug-likeness (QED) is 0.742. The molecule has 0 amide bonds. The van der Waals surface area contributed by atoms with Crippen LogP contribution in [0.2, 0.25) is 0 Å². The first kappa shape index (κ1) is 7.95. The van der Waals surface area contributed by atoms with E-state index < -0.39 is 0 Å². The largest absolute Gasteiger partial charge is 0.252 e. The van der Waals surface area contributed by atoms with Crippen LogP contribution in [0, 0.1) is 0 Å². The molecule has 2 aromatic rings. The number of hydrogen-bond donors (Lipinski definition) is 0. The van der Waals surface area contributed by atoms with E-state index >= 15 is 0 Å². The zero-order valence-electron chi connectivity index (χ0n) is 6.20. The molecule has 0 aliphatic carbocycles. The number of benzene rings is 1. The summed E-state index contributed by atoms with van der Waals surface area (Å²) in [6, 6.07) is 8.22. The number of rotatable bonds is 1. The standard InChI is InChI=1S/C9H6BrNS/c10-8-3-1-2-7(4-8)9-5-11-6-12-9/h1-6H. The molecule has 1 heterocycles. The molecule has 0 unspecified atom stereocenters. The number of nitrogens with zero attached hydrogens (tertiary/aromatic N) is 1. The molecule has 0 fully saturated rings. The van der Waals surface area contributed by atoms with Gasteiger partial charge in [-0.2, -0.15) is 0 Å². The van der Waals surface area contributed by atoms with Crippen LogP contribution in [0.1, 0.15) is 0 Å². The summed E-state index contributed by atoms with van der Waals surface area (Å²) in [7, 11) is 0. The molecule has 60 valence electrons. The Labute approximate surface area is 83.2 Å². The third-order valence-corrected chi connectivity index (χ3v) is 2.86. The van der Waals surface area contributed by atoms with Crippen molar-refractivity contribution in [1.82, 2.24) is 4.98 Å². The van der Waals surface area contributed by atoms with E-state index in [1.807, 2.05) is 23.8 Å². The summed E-state index contributed by atoms with van der Waals surface area (Å²) >= 11 is 5.08. The average molecular weight is 240 g/mol. The predicted molar refractivity (Wildman–Crippen MR) is 55.3 cm³/mol. The van der Waals surface area contributed by atoms with Gasteiger partial charge in [0.15, 0.2) is 0 Å². The number of aromatic nitrogens is 1. The maximum atomic E-state index is 4.03. The van der Waals surface area contributed by atoms with Gasteiger partial charge in [-0.05, 0) is 17.7 Å². The molecule has 3 heteroatoms. The van der Waals surface area contributed by atoms with Gasteiger partial charge in [0.05, 0.1) is 10.4 Å². The fourth-order valence-corrected chi connectivity index (χ4v) is 2.02. The van der Waals surface area contributed by atoms with E-state index in [1.165, 1.54) is 10.4 Å². The number of hydrogen-bond acceptors (Lipinski definition) is 2. The van der Waals surface area contributed by atoms with E-state index in [-0.39, 0.29) is 0 Å². The summed E-state index contributed by atoms with van der Waals surface area (Å²) in [6.07, 6.45) is 1.88. The summed E-state index contributed by atoms with van der Waals surface area (Å²) in [4.78, 5) is 5.24. The van der Waals surface area contributed by atoms with E-state index in [0.29, 0.717) is 0 Å². The van der Waals surface area contributed by atoms with Crippen molar-refractivity contribution in [1.29, 1.82) is 0 Å². The van der Waals surface area contributed by atoms with Crippen molar-refractivity contribution < 1.29 is 0 Å². The molecule has 1 aromatic heterocycles. The Morgan fingerprint density at radius 1 is 1.33 bits per heavy atom. The Morgan fingerprint density at radius 2 is 2.25 bits per heavy atom. The first-order chi connectivity index (χ1) is 5.86. The minimum atomic E-state index is 1.11. The van der Waals surface area contributed by atoms with Crippen molar-refractivity contribution in [2.45, 2.75) is 0 Å². The lowest BCUT2D eigenvalue weighted by molar-refractivity contribution is 1.42. The van der Waals surface area contributed by atoms with Crippen LogP contribution >= 0.6 is 27.3 Å². The maximum absolute atomic E-state index is 4.03. The minimum Gasteiger partial charge on any atom is -0.252 e. The Bertz CT molecular complexity index is 370. The molecule has 2 rings (SSSR count). The first-order valence-corrected chi connectivity index (χ1v) is 5.18. The van der Waals surface area contributed by atoms with Crippen LogP contribution < -0.4 is 0 Å². The number of thiazole rings is 1. The van der Waals surface area contributed by atoms with Gasteiger partial charge in [0.1, 0.15) is 0 Å². The van der Waals surface area contributed by atoms with Crippen LogP contribution in [0.5, 0.6) is 0 Å². The highest BCUT2D eigenvalue weighted by Crippen LogP contribution is 2.25. The molecule has 0 bridgehead atoms. The second-order valence-corrected chi connectivity index (χ2v) is 4.18. The minimum absolute atomic E-state index is 1.11. The van der Waals surface area contributed by atoms with Gasteiger partial charge in [-0.25, -0.2) is 0 Å². The van der Waals surface area contributed by atoms with Crippen molar-refractivity contribution in [3.05, 3.63) is 40.4 Å². The second-order valence-electron chi connectivity index (χ2n) is 2.38. The van der Waals surface area contributed by atoms with Crippen LogP contribution in [0.25, 0.3) is 10.4 Å². The fourth-order valence-electron chi connectivity index (χ4n) is 1.00. The summed E-state index contributed by atoms with van der Waals surface area (Å²) in [6.45, 7) is 0. The lowest BCUT2D eigenvalue weighted by Gasteiger charge is -1.95. The van der Waals surface area contributed by atoms with Crippen molar-refractivity contribution in [2.24, 2.45) is 0 Å². The third-order valence-electron chi connectivity index (χ3n) is 1.54. The van der Waals surface area contributed by atoms with Gasteiger partial charge in [0.25, 0.3) is 0 Å². The summed E-state index contributed by atoms with van der Waals surface area (Å²) in [5.41, 5.74) is 3.06. The normalized spacial score (nSPS) is 10.1. The molecule has 0 saturated carbocycles. The Kier molecular flexibility index (Phi) is 2.23. The van der Waals surface area contributed by atoms with Crippen LogP contribution in [-0.4, -0.2) is 4.98 Å². The van der Waals surface area contributed by atoms with Gasteiger partial charge < -0.3 is 0 Å². The third kappa shape index (κ3) is 1.57. The highest BCUT2D eigenvalue weighted by molar-refractivity contribution is 9.10. The smallest absolute Gasteiger partial charge is 0.0797 e. The fraction of sp³-hybridized carbons (Fsp3) is 0. The van der Waals surface area contributed by atoms with Gasteiger partial charge in [0.2, 0.25) is 0 Å². The molecule has 0 N–H and O–H groups in total. The van der Waals surface area contributed by atoms with Crippen LogP contribution in [0.3, 0.4) is 0 Å². The highest BCUT2D eigenvalue weighted by atomic mass is 79.9. The van der Waals surface area contributed by atoms with E-state index in [9.17, 15) is 0 Å². The van der Waals surface area contributed by atoms with Crippen molar-refractivity contribution >= 4 is 27.3 Å². The van der Waals surface area contributed by atoms with Gasteiger partial charge in [0, 0.05) is 10.7 Å². The Morgan fingerprint density at radius 3 is 2.92 bits per heavy atom. The molecular weight excluding hydrogens is 234 g/mol. The van der Waals surface area contributed by atoms with Crippen molar-refractivity contribution in [3.63, 3.8) is 0 Å². The number of halogens is 1. The average Bonchev–Trinajstić information content (AvgIpc) is 2.56. The van der Waals surface area contributed by atoms with Crippen LogP contribution in [0.15, 0.2) is 40.4 Å². The lowest BCUT2D eigenvalue weighted by Crippen LogP contribution is -1.70. The van der Waals surface area contributed by atoms with Gasteiger partial charge in [-0.1, -0.05) is 28.1 Å². The summed E-state index contributed by atoms with van der Waals surface area (Å²) in [5, 5.41) is 0. The highest BCUT2D eigenvalue weighted by Gasteiger charge is 1.98. The predicted octanol–water partition coefficient (Wildman–Crippen LogP) is 3.57. The maximum Gasteiger partial charge on any atom is 0.0797 e. The van der Waals surface area contributed by atoms with E-state index in [1.54, 1.807) is 11.3 Å². The van der Waals surface area contributed by atoms with Crippen molar-refractivity contribution in [2.75, 3.05) is 0 Å². The van der Waals surface area contributed by atoms with E-state index in [0.717, 1.165) is 4.47 Å². The van der Waals surface area contributed by atoms with Gasteiger partial charge in [-0.3, -0.25) is 4.98 Å². The molecule has 0 saturated heterocycles. The zero-order chi connectivity index (χ0) is 8.39. The van der Waals surface area contributed by atoms with Crippen LogP contribution in [0.4, 0.5) is 0 Å². The molecule has 0 aliphatic rings. The Balaban J connectivity index is 2.48. The lowest BCUT2D eigenvalue weighted by atomic mass is 10.2. The van der Waals surface area contributed by atoms with Crippen LogP contribution in [-0.2, 0) is 0 Å². The molecule has 0 aliphatic heterocycles. The molecule has 12 heavy (non-hydrogen) atoms. The molecule has 0 radical (unpaired) electrons. The van der Waals surface area contributed by atoms with E-state index in [2.05, 4.69) is 33.0 Å². The SMILES string of the molecule is Brc1cccc(-c2cncs2)c1. The van der Waals surface area contributed by atoms with Gasteiger partial charge in [-0.15, -0.1) is 11.3 Å². The summed E-state index contributed by atoms with van der Waals surface area (Å²) < 4.78 is 1.11. The topological polar surface area (TPSA) is 12.9 Å². The zero-order valence-corrected chi connectivity index (χ0v) is 8.60. The van der Waals surface area contributed by atoms with Gasteiger partial charge >= 0.3 is 0 Å². The monoisotopic (exact) mass is 239 g/mol. The Hall–Kier alpha value is -0.670. The first-order valence-electron chi connectivity index (χ1n) is 3.51. The molecule has 0 spiro atoms. The molecule has 1 nitrogen and oxygen atoms in total. The molecule has 1 aromatic carbocycles. The molecular formula is C9H6BrNS. The second kappa shape index (κ2) is 3.37. The summed E-state index contributed by atoms with van der Waals surface area (Å²) in [5.74, 6) is 0. The van der Waals surface area contributed by atoms with E-state index in [4.69, 9.17) is 0 Å². The van der Waals surface area contributed by atoms with Crippen molar-refractivity contribution in [3.8, 4) is 10.4 Å².